The van der Waals surface area contributed by atoms with Gasteiger partial charge in [-0.1, -0.05) is 12.8 Å². The Morgan fingerprint density at radius 2 is 1.95 bits per heavy atom. The molecule has 0 saturated heterocycles. The molecule has 1 fully saturated rings. The minimum absolute atomic E-state index is 0.211. The van der Waals surface area contributed by atoms with Gasteiger partial charge in [0.2, 0.25) is 5.91 Å². The van der Waals surface area contributed by atoms with Crippen LogP contribution in [0.2, 0.25) is 0 Å². The number of aliphatic carboxylic acids is 1. The fourth-order valence-electron chi connectivity index (χ4n) is 2.51. The molecule has 110 valence electrons. The number of aliphatic hydroxyl groups excluding tert-OH is 1. The molecule has 0 spiro atoms. The molecular formula is C13H23NO5. The van der Waals surface area contributed by atoms with Gasteiger partial charge in [-0.25, -0.2) is 0 Å². The molecule has 0 aliphatic heterocycles. The Kier molecular flexibility index (Phi) is 6.80. The minimum Gasteiger partial charge on any atom is -0.481 e. The Morgan fingerprint density at radius 3 is 2.53 bits per heavy atom. The molecular weight excluding hydrogens is 250 g/mol. The van der Waals surface area contributed by atoms with Crippen molar-refractivity contribution in [1.29, 1.82) is 0 Å². The summed E-state index contributed by atoms with van der Waals surface area (Å²) in [5.74, 6) is -2.11. The van der Waals surface area contributed by atoms with Crippen molar-refractivity contribution in [3.8, 4) is 0 Å². The predicted octanol–water partition coefficient (Wildman–Crippen LogP) is 0.391. The molecule has 19 heavy (non-hydrogen) atoms. The lowest BCUT2D eigenvalue weighted by Crippen LogP contribution is -2.40. The van der Waals surface area contributed by atoms with Crippen molar-refractivity contribution in [2.75, 3.05) is 20.3 Å². The third-order valence-corrected chi connectivity index (χ3v) is 3.56. The third kappa shape index (κ3) is 5.16. The van der Waals surface area contributed by atoms with Crippen molar-refractivity contribution in [2.24, 2.45) is 11.8 Å². The molecule has 1 aliphatic rings. The van der Waals surface area contributed by atoms with Crippen molar-refractivity contribution in [1.82, 2.24) is 5.32 Å². The first kappa shape index (κ1) is 15.9. The highest BCUT2D eigenvalue weighted by Gasteiger charge is 2.35. The second kappa shape index (κ2) is 8.12. The van der Waals surface area contributed by atoms with Crippen LogP contribution in [-0.2, 0) is 14.3 Å². The van der Waals surface area contributed by atoms with Crippen LogP contribution < -0.4 is 5.32 Å². The largest absolute Gasteiger partial charge is 0.481 e. The second-order valence-electron chi connectivity index (χ2n) is 5.02. The molecule has 0 aromatic carbocycles. The van der Waals surface area contributed by atoms with E-state index in [9.17, 15) is 14.7 Å². The molecule has 0 heterocycles. The lowest BCUT2D eigenvalue weighted by atomic mass is 9.78. The zero-order chi connectivity index (χ0) is 14.3. The predicted molar refractivity (Wildman–Crippen MR) is 68.6 cm³/mol. The van der Waals surface area contributed by atoms with E-state index in [0.717, 1.165) is 12.8 Å². The van der Waals surface area contributed by atoms with Gasteiger partial charge in [-0.3, -0.25) is 9.59 Å². The van der Waals surface area contributed by atoms with Gasteiger partial charge in [0.15, 0.2) is 0 Å². The highest BCUT2D eigenvalue weighted by Crippen LogP contribution is 2.30. The first-order valence-electron chi connectivity index (χ1n) is 6.73. The highest BCUT2D eigenvalue weighted by molar-refractivity contribution is 5.84. The number of carbonyl (C=O) groups excluding carboxylic acids is 1. The van der Waals surface area contributed by atoms with Gasteiger partial charge in [0.1, 0.15) is 0 Å². The van der Waals surface area contributed by atoms with Gasteiger partial charge in [-0.05, 0) is 19.3 Å². The monoisotopic (exact) mass is 273 g/mol. The lowest BCUT2D eigenvalue weighted by molar-refractivity contribution is -0.148. The van der Waals surface area contributed by atoms with Crippen LogP contribution in [0.4, 0.5) is 0 Å². The minimum atomic E-state index is -0.890. The third-order valence-electron chi connectivity index (χ3n) is 3.56. The lowest BCUT2D eigenvalue weighted by Gasteiger charge is -2.27. The number of carboxylic acids is 1. The van der Waals surface area contributed by atoms with Crippen LogP contribution in [0, 0.1) is 11.8 Å². The van der Waals surface area contributed by atoms with E-state index in [-0.39, 0.29) is 12.5 Å². The summed E-state index contributed by atoms with van der Waals surface area (Å²) in [5, 5.41) is 21.3. The maximum atomic E-state index is 12.0. The summed E-state index contributed by atoms with van der Waals surface area (Å²) in [5.41, 5.74) is 0. The standard InChI is InChI=1S/C13H23NO5/c1-19-8-9(15)6-7-14-12(16)10-4-2-3-5-11(10)13(17)18/h9-11,15H,2-8H2,1H3,(H,14,16)(H,17,18)/t9?,10-,11+/m1/s1. The zero-order valence-electron chi connectivity index (χ0n) is 11.3. The average molecular weight is 273 g/mol. The highest BCUT2D eigenvalue weighted by atomic mass is 16.5. The number of hydrogen-bond donors (Lipinski definition) is 3. The van der Waals surface area contributed by atoms with E-state index in [4.69, 9.17) is 9.84 Å². The summed E-state index contributed by atoms with van der Waals surface area (Å²) in [6, 6.07) is 0. The van der Waals surface area contributed by atoms with Crippen LogP contribution in [0.1, 0.15) is 32.1 Å². The molecule has 0 aromatic rings. The Morgan fingerprint density at radius 1 is 1.32 bits per heavy atom. The molecule has 0 radical (unpaired) electrons. The van der Waals surface area contributed by atoms with Gasteiger partial charge >= 0.3 is 5.97 Å². The van der Waals surface area contributed by atoms with Crippen LogP contribution in [0.5, 0.6) is 0 Å². The first-order chi connectivity index (χ1) is 9.06. The maximum absolute atomic E-state index is 12.0. The topological polar surface area (TPSA) is 95.9 Å². The van der Waals surface area contributed by atoms with Crippen LogP contribution in [0.15, 0.2) is 0 Å². The van der Waals surface area contributed by atoms with E-state index < -0.39 is 23.9 Å². The number of carbonyl (C=O) groups is 2. The van der Waals surface area contributed by atoms with Gasteiger partial charge < -0.3 is 20.3 Å². The summed E-state index contributed by atoms with van der Waals surface area (Å²) in [6.45, 7) is 0.573. The fourth-order valence-corrected chi connectivity index (χ4v) is 2.51. The molecule has 0 bridgehead atoms. The number of nitrogens with one attached hydrogen (secondary N) is 1. The number of hydrogen-bond acceptors (Lipinski definition) is 4. The Hall–Kier alpha value is -1.14. The van der Waals surface area contributed by atoms with Crippen LogP contribution in [0.25, 0.3) is 0 Å². The van der Waals surface area contributed by atoms with Crippen molar-refractivity contribution < 1.29 is 24.5 Å². The number of rotatable bonds is 7. The summed E-state index contributed by atoms with van der Waals surface area (Å²) >= 11 is 0. The number of amides is 1. The van der Waals surface area contributed by atoms with Crippen molar-refractivity contribution in [3.05, 3.63) is 0 Å². The van der Waals surface area contributed by atoms with Crippen LogP contribution in [0.3, 0.4) is 0 Å². The van der Waals surface area contributed by atoms with Gasteiger partial charge in [-0.15, -0.1) is 0 Å². The van der Waals surface area contributed by atoms with E-state index in [2.05, 4.69) is 5.32 Å². The molecule has 1 unspecified atom stereocenters. The van der Waals surface area contributed by atoms with Gasteiger partial charge in [0.25, 0.3) is 0 Å². The SMILES string of the molecule is COCC(O)CCNC(=O)[C@@H]1CCCC[C@@H]1C(=O)O. The van der Waals surface area contributed by atoms with Gasteiger partial charge in [0.05, 0.1) is 24.5 Å². The van der Waals surface area contributed by atoms with Gasteiger partial charge in [-0.2, -0.15) is 0 Å². The summed E-state index contributed by atoms with van der Waals surface area (Å²) < 4.78 is 4.79. The Bertz CT molecular complexity index is 307. The molecule has 1 saturated carbocycles. The molecule has 3 atom stereocenters. The number of ether oxygens (including phenoxy) is 1. The molecule has 1 aliphatic carbocycles. The number of carboxylic acid groups (broad SMARTS) is 1. The Balaban J connectivity index is 2.36. The average Bonchev–Trinajstić information content (AvgIpc) is 2.38. The Labute approximate surface area is 113 Å². The quantitative estimate of drug-likeness (QED) is 0.623. The number of methoxy groups -OCH3 is 1. The molecule has 6 nitrogen and oxygen atoms in total. The number of aliphatic hydroxyl groups is 1. The molecule has 6 heteroatoms. The van der Waals surface area contributed by atoms with E-state index in [1.54, 1.807) is 0 Å². The molecule has 1 amide bonds. The van der Waals surface area contributed by atoms with E-state index in [1.807, 2.05) is 0 Å². The van der Waals surface area contributed by atoms with Gasteiger partial charge in [0, 0.05) is 13.7 Å². The van der Waals surface area contributed by atoms with E-state index in [1.165, 1.54) is 7.11 Å². The summed E-state index contributed by atoms with van der Waals surface area (Å²) in [4.78, 5) is 23.1. The molecule has 0 aromatic heterocycles. The van der Waals surface area contributed by atoms with Crippen LogP contribution >= 0.6 is 0 Å². The van der Waals surface area contributed by atoms with Crippen molar-refractivity contribution in [3.63, 3.8) is 0 Å². The normalized spacial score (nSPS) is 24.7. The zero-order valence-corrected chi connectivity index (χ0v) is 11.3. The maximum Gasteiger partial charge on any atom is 0.307 e. The summed E-state index contributed by atoms with van der Waals surface area (Å²) in [6.07, 6.45) is 2.76. The van der Waals surface area contributed by atoms with E-state index in [0.29, 0.717) is 25.8 Å². The second-order valence-corrected chi connectivity index (χ2v) is 5.02. The van der Waals surface area contributed by atoms with Crippen LogP contribution in [-0.4, -0.2) is 48.5 Å². The van der Waals surface area contributed by atoms with Crippen molar-refractivity contribution >= 4 is 11.9 Å². The fraction of sp³-hybridized carbons (Fsp3) is 0.846. The molecule has 1 rings (SSSR count). The molecule has 3 N–H and O–H groups in total. The first-order valence-corrected chi connectivity index (χ1v) is 6.73. The summed E-state index contributed by atoms with van der Waals surface area (Å²) in [7, 11) is 1.50. The van der Waals surface area contributed by atoms with Crippen molar-refractivity contribution in [2.45, 2.75) is 38.2 Å². The smallest absolute Gasteiger partial charge is 0.307 e. The van der Waals surface area contributed by atoms with E-state index >= 15 is 0 Å².